The highest BCUT2D eigenvalue weighted by molar-refractivity contribution is 5.91. The van der Waals surface area contributed by atoms with Gasteiger partial charge in [-0.3, -0.25) is 4.79 Å². The van der Waals surface area contributed by atoms with Crippen molar-refractivity contribution in [2.75, 3.05) is 12.4 Å². The van der Waals surface area contributed by atoms with E-state index in [0.717, 1.165) is 39.4 Å². The minimum atomic E-state index is -0.354. The Kier molecular flexibility index (Phi) is 5.29. The average molecular weight is 420 g/mol. The third-order valence-corrected chi connectivity index (χ3v) is 5.72. The molecule has 0 amide bonds. The van der Waals surface area contributed by atoms with Crippen LogP contribution in [0.4, 0.5) is 5.69 Å². The van der Waals surface area contributed by atoms with Gasteiger partial charge in [0.05, 0.1) is 18.2 Å². The van der Waals surface area contributed by atoms with E-state index < -0.39 is 0 Å². The molecule has 2 aromatic carbocycles. The number of rotatable bonds is 5. The summed E-state index contributed by atoms with van der Waals surface area (Å²) >= 11 is 0. The van der Waals surface area contributed by atoms with Crippen LogP contribution in [0.1, 0.15) is 57.8 Å². The van der Waals surface area contributed by atoms with Crippen LogP contribution in [-0.2, 0) is 9.53 Å². The van der Waals surface area contributed by atoms with E-state index in [1.807, 2.05) is 18.2 Å². The van der Waals surface area contributed by atoms with Crippen molar-refractivity contribution in [3.8, 4) is 22.6 Å². The standard InChI is InChI=1S/C26H29NO4/c1-15-14-26(4,5)27-19-12-11-18-24-20(29-6)8-7-9-21(24)31-22(25(18)23(15)19)13-10-16(2)30-17(3)28/h7-9,11-12,14,22,27H,2,10,13H2,1,3-6H3. The summed E-state index contributed by atoms with van der Waals surface area (Å²) in [6.45, 7) is 11.7. The number of nitrogens with one attached hydrogen (secondary N) is 1. The highest BCUT2D eigenvalue weighted by Gasteiger charge is 2.34. The van der Waals surface area contributed by atoms with E-state index in [1.54, 1.807) is 7.11 Å². The van der Waals surface area contributed by atoms with Crippen molar-refractivity contribution in [1.29, 1.82) is 0 Å². The van der Waals surface area contributed by atoms with Crippen molar-refractivity contribution in [2.45, 2.75) is 52.2 Å². The van der Waals surface area contributed by atoms with Crippen molar-refractivity contribution in [2.24, 2.45) is 0 Å². The van der Waals surface area contributed by atoms with Gasteiger partial charge in [-0.05, 0) is 56.5 Å². The molecule has 0 saturated carbocycles. The molecule has 0 aromatic heterocycles. The average Bonchev–Trinajstić information content (AvgIpc) is 2.69. The molecule has 5 nitrogen and oxygen atoms in total. The third-order valence-electron chi connectivity index (χ3n) is 5.72. The first-order valence-electron chi connectivity index (χ1n) is 10.6. The lowest BCUT2D eigenvalue weighted by molar-refractivity contribution is -0.137. The van der Waals surface area contributed by atoms with Crippen LogP contribution in [0.5, 0.6) is 11.5 Å². The molecule has 0 saturated heterocycles. The molecule has 5 heteroatoms. The molecule has 31 heavy (non-hydrogen) atoms. The summed E-state index contributed by atoms with van der Waals surface area (Å²) in [5.41, 5.74) is 6.54. The van der Waals surface area contributed by atoms with Crippen LogP contribution < -0.4 is 14.8 Å². The predicted molar refractivity (Wildman–Crippen MR) is 123 cm³/mol. The number of methoxy groups -OCH3 is 1. The molecule has 0 aliphatic carbocycles. The van der Waals surface area contributed by atoms with Crippen molar-refractivity contribution in [1.82, 2.24) is 0 Å². The molecule has 1 atom stereocenters. The van der Waals surface area contributed by atoms with Gasteiger partial charge >= 0.3 is 5.97 Å². The zero-order valence-electron chi connectivity index (χ0n) is 18.8. The van der Waals surface area contributed by atoms with E-state index in [2.05, 4.69) is 50.9 Å². The van der Waals surface area contributed by atoms with Gasteiger partial charge in [0.1, 0.15) is 23.4 Å². The van der Waals surface area contributed by atoms with Gasteiger partial charge in [0, 0.05) is 30.2 Å². The maximum atomic E-state index is 11.3. The molecule has 0 fully saturated rings. The zero-order chi connectivity index (χ0) is 22.3. The highest BCUT2D eigenvalue weighted by Crippen LogP contribution is 2.52. The summed E-state index contributed by atoms with van der Waals surface area (Å²) in [7, 11) is 1.68. The number of allylic oxidation sites excluding steroid dienone is 2. The molecule has 1 unspecified atom stereocenters. The Morgan fingerprint density at radius 3 is 2.71 bits per heavy atom. The number of carbonyl (C=O) groups excluding carboxylic acids is 1. The fourth-order valence-corrected chi connectivity index (χ4v) is 4.70. The van der Waals surface area contributed by atoms with Gasteiger partial charge in [-0.2, -0.15) is 0 Å². The Bertz CT molecular complexity index is 1100. The second kappa shape index (κ2) is 7.80. The number of ether oxygens (including phenoxy) is 3. The highest BCUT2D eigenvalue weighted by atomic mass is 16.5. The molecule has 0 spiro atoms. The second-order valence-corrected chi connectivity index (χ2v) is 8.73. The second-order valence-electron chi connectivity index (χ2n) is 8.73. The van der Waals surface area contributed by atoms with E-state index in [4.69, 9.17) is 14.2 Å². The van der Waals surface area contributed by atoms with Crippen molar-refractivity contribution in [3.63, 3.8) is 0 Å². The number of fused-ring (bicyclic) bond motifs is 5. The van der Waals surface area contributed by atoms with E-state index in [-0.39, 0.29) is 17.6 Å². The van der Waals surface area contributed by atoms with Crippen LogP contribution in [0, 0.1) is 0 Å². The molecule has 2 aromatic rings. The first-order valence-corrected chi connectivity index (χ1v) is 10.6. The maximum Gasteiger partial charge on any atom is 0.307 e. The zero-order valence-corrected chi connectivity index (χ0v) is 18.8. The lowest BCUT2D eigenvalue weighted by Crippen LogP contribution is -2.32. The predicted octanol–water partition coefficient (Wildman–Crippen LogP) is 6.26. The molecule has 4 rings (SSSR count). The van der Waals surface area contributed by atoms with E-state index in [1.165, 1.54) is 12.5 Å². The molecule has 0 radical (unpaired) electrons. The molecular formula is C26H29NO4. The van der Waals surface area contributed by atoms with E-state index in [0.29, 0.717) is 18.6 Å². The van der Waals surface area contributed by atoms with E-state index >= 15 is 0 Å². The van der Waals surface area contributed by atoms with Gasteiger partial charge in [0.2, 0.25) is 0 Å². The smallest absolute Gasteiger partial charge is 0.307 e. The maximum absolute atomic E-state index is 11.3. The molecule has 0 bridgehead atoms. The fourth-order valence-electron chi connectivity index (χ4n) is 4.70. The first kappa shape index (κ1) is 21.0. The molecular weight excluding hydrogens is 390 g/mol. The summed E-state index contributed by atoms with van der Waals surface area (Å²) in [6.07, 6.45) is 3.21. The molecule has 2 heterocycles. The number of carbonyl (C=O) groups is 1. The van der Waals surface area contributed by atoms with Crippen molar-refractivity contribution >= 4 is 17.2 Å². The summed E-state index contributed by atoms with van der Waals surface area (Å²) < 4.78 is 17.3. The minimum Gasteiger partial charge on any atom is -0.496 e. The molecule has 2 aliphatic rings. The van der Waals surface area contributed by atoms with Crippen LogP contribution in [-0.4, -0.2) is 18.6 Å². The molecule has 2 aliphatic heterocycles. The number of benzene rings is 2. The summed E-state index contributed by atoms with van der Waals surface area (Å²) in [5, 5.41) is 3.63. The monoisotopic (exact) mass is 419 g/mol. The lowest BCUT2D eigenvalue weighted by atomic mass is 9.81. The van der Waals surface area contributed by atoms with Crippen LogP contribution in [0.3, 0.4) is 0 Å². The lowest BCUT2D eigenvalue weighted by Gasteiger charge is -2.37. The topological polar surface area (TPSA) is 56.8 Å². The Hall–Kier alpha value is -3.21. The van der Waals surface area contributed by atoms with Crippen LogP contribution in [0.15, 0.2) is 48.7 Å². The van der Waals surface area contributed by atoms with Gasteiger partial charge in [-0.25, -0.2) is 0 Å². The summed E-state index contributed by atoms with van der Waals surface area (Å²) in [5.74, 6) is 1.67. The Morgan fingerprint density at radius 1 is 1.23 bits per heavy atom. The number of hydrogen-bond donors (Lipinski definition) is 1. The Labute approximate surface area is 183 Å². The largest absolute Gasteiger partial charge is 0.496 e. The van der Waals surface area contributed by atoms with E-state index in [9.17, 15) is 4.79 Å². The van der Waals surface area contributed by atoms with Gasteiger partial charge < -0.3 is 19.5 Å². The number of hydrogen-bond acceptors (Lipinski definition) is 5. The Balaban J connectivity index is 1.84. The minimum absolute atomic E-state index is 0.129. The van der Waals surface area contributed by atoms with Crippen molar-refractivity contribution < 1.29 is 19.0 Å². The summed E-state index contributed by atoms with van der Waals surface area (Å²) in [4.78, 5) is 11.3. The fraction of sp³-hybridized carbons (Fsp3) is 0.346. The van der Waals surface area contributed by atoms with Crippen LogP contribution in [0.25, 0.3) is 16.7 Å². The number of anilines is 1. The quantitative estimate of drug-likeness (QED) is 0.458. The van der Waals surface area contributed by atoms with Gasteiger partial charge in [-0.1, -0.05) is 24.8 Å². The normalized spacial score (nSPS) is 17.7. The van der Waals surface area contributed by atoms with Gasteiger partial charge in [0.25, 0.3) is 0 Å². The van der Waals surface area contributed by atoms with Crippen LogP contribution >= 0.6 is 0 Å². The van der Waals surface area contributed by atoms with Crippen LogP contribution in [0.2, 0.25) is 0 Å². The SMILES string of the molecule is C=C(CCC1Oc2cccc(OC)c2-c2ccc3c(c21)C(C)=CC(C)(C)N3)OC(C)=O. The first-order chi connectivity index (χ1) is 14.7. The summed E-state index contributed by atoms with van der Waals surface area (Å²) in [6, 6.07) is 10.2. The van der Waals surface area contributed by atoms with Crippen molar-refractivity contribution in [3.05, 3.63) is 59.9 Å². The van der Waals surface area contributed by atoms with Gasteiger partial charge in [-0.15, -0.1) is 0 Å². The molecule has 162 valence electrons. The van der Waals surface area contributed by atoms with Gasteiger partial charge in [0.15, 0.2) is 0 Å². The number of esters is 1. The third kappa shape index (κ3) is 3.92. The Morgan fingerprint density at radius 2 is 2.00 bits per heavy atom. The molecule has 1 N–H and O–H groups in total.